The van der Waals surface area contributed by atoms with Crippen LogP contribution in [0.25, 0.3) is 5.69 Å². The Morgan fingerprint density at radius 2 is 2.00 bits per heavy atom. The molecule has 6 heteroatoms. The molecule has 6 nitrogen and oxygen atoms in total. The summed E-state index contributed by atoms with van der Waals surface area (Å²) in [4.78, 5) is 7.04. The molecule has 0 saturated carbocycles. The largest absolute Gasteiger partial charge is 0.357 e. The third kappa shape index (κ3) is 3.27. The number of hydrogen-bond donors (Lipinski definition) is 1. The third-order valence-corrected chi connectivity index (χ3v) is 3.76. The Balaban J connectivity index is 1.77. The standard InChI is InChI=1S/C16H22N6/c1-2-17-16(21-10-6-7-11-21)18-12-15-20-19-13-22(15)14-8-4-3-5-9-14/h3-5,8-9,13H,2,6-7,10-12H2,1H3,(H,17,18). The number of nitrogens with zero attached hydrogens (tertiary/aromatic N) is 5. The topological polar surface area (TPSA) is 58.3 Å². The van der Waals surface area contributed by atoms with Crippen molar-refractivity contribution in [2.75, 3.05) is 19.6 Å². The van der Waals surface area contributed by atoms with Crippen LogP contribution in [0.3, 0.4) is 0 Å². The molecule has 0 radical (unpaired) electrons. The number of guanidine groups is 1. The van der Waals surface area contributed by atoms with Gasteiger partial charge in [0.15, 0.2) is 11.8 Å². The molecule has 1 aromatic heterocycles. The monoisotopic (exact) mass is 298 g/mol. The summed E-state index contributed by atoms with van der Waals surface area (Å²) in [6, 6.07) is 10.1. The van der Waals surface area contributed by atoms with Crippen LogP contribution in [0.5, 0.6) is 0 Å². The lowest BCUT2D eigenvalue weighted by molar-refractivity contribution is 0.493. The first-order valence-electron chi connectivity index (χ1n) is 7.86. The van der Waals surface area contributed by atoms with Crippen molar-refractivity contribution in [2.45, 2.75) is 26.3 Å². The quantitative estimate of drug-likeness (QED) is 0.691. The van der Waals surface area contributed by atoms with E-state index in [1.54, 1.807) is 6.33 Å². The lowest BCUT2D eigenvalue weighted by atomic mass is 10.3. The minimum absolute atomic E-state index is 0.522. The van der Waals surface area contributed by atoms with Gasteiger partial charge >= 0.3 is 0 Å². The van der Waals surface area contributed by atoms with E-state index in [4.69, 9.17) is 4.99 Å². The molecule has 1 aliphatic heterocycles. The molecule has 2 heterocycles. The Morgan fingerprint density at radius 1 is 1.23 bits per heavy atom. The SMILES string of the molecule is CCNC(=NCc1nncn1-c1ccccc1)N1CCCC1. The third-order valence-electron chi connectivity index (χ3n) is 3.76. The summed E-state index contributed by atoms with van der Waals surface area (Å²) >= 11 is 0. The van der Waals surface area contributed by atoms with E-state index in [-0.39, 0.29) is 0 Å². The van der Waals surface area contributed by atoms with Gasteiger partial charge in [-0.25, -0.2) is 4.99 Å². The molecule has 1 N–H and O–H groups in total. The number of benzene rings is 1. The first-order valence-corrected chi connectivity index (χ1v) is 7.86. The molecule has 0 aliphatic carbocycles. The van der Waals surface area contributed by atoms with Crippen molar-refractivity contribution >= 4 is 5.96 Å². The van der Waals surface area contributed by atoms with Gasteiger partial charge in [0, 0.05) is 25.3 Å². The van der Waals surface area contributed by atoms with E-state index in [2.05, 4.69) is 27.3 Å². The highest BCUT2D eigenvalue weighted by molar-refractivity contribution is 5.80. The summed E-state index contributed by atoms with van der Waals surface area (Å²) in [5.41, 5.74) is 1.06. The molecule has 1 aliphatic rings. The lowest BCUT2D eigenvalue weighted by Crippen LogP contribution is -2.39. The average molecular weight is 298 g/mol. The first kappa shape index (κ1) is 14.6. The highest BCUT2D eigenvalue weighted by Crippen LogP contribution is 2.11. The molecular formula is C16H22N6. The summed E-state index contributed by atoms with van der Waals surface area (Å²) in [5, 5.41) is 11.6. The number of aliphatic imine (C=N–C) groups is 1. The number of nitrogens with one attached hydrogen (secondary N) is 1. The molecule has 0 atom stereocenters. The maximum absolute atomic E-state index is 4.73. The number of para-hydroxylation sites is 1. The zero-order chi connectivity index (χ0) is 15.2. The van der Waals surface area contributed by atoms with Crippen molar-refractivity contribution in [1.29, 1.82) is 0 Å². The number of hydrogen-bond acceptors (Lipinski definition) is 3. The molecule has 1 aromatic carbocycles. The van der Waals surface area contributed by atoms with Crippen LogP contribution in [0, 0.1) is 0 Å². The zero-order valence-electron chi connectivity index (χ0n) is 12.9. The van der Waals surface area contributed by atoms with Gasteiger partial charge in [0.2, 0.25) is 0 Å². The number of rotatable bonds is 4. The molecule has 116 valence electrons. The molecular weight excluding hydrogens is 276 g/mol. The first-order chi connectivity index (χ1) is 10.9. The van der Waals surface area contributed by atoms with Crippen LogP contribution in [0.15, 0.2) is 41.7 Å². The van der Waals surface area contributed by atoms with Gasteiger partial charge in [0.25, 0.3) is 0 Å². The van der Waals surface area contributed by atoms with Gasteiger partial charge in [0.1, 0.15) is 12.9 Å². The summed E-state index contributed by atoms with van der Waals surface area (Å²) in [6.07, 6.45) is 4.22. The second-order valence-electron chi connectivity index (χ2n) is 5.32. The average Bonchev–Trinajstić information content (AvgIpc) is 3.24. The molecule has 0 bridgehead atoms. The van der Waals surface area contributed by atoms with E-state index >= 15 is 0 Å². The van der Waals surface area contributed by atoms with Crippen LogP contribution in [0.2, 0.25) is 0 Å². The van der Waals surface area contributed by atoms with E-state index < -0.39 is 0 Å². The Kier molecular flexibility index (Phi) is 4.68. The Labute approximate surface area is 130 Å². The summed E-state index contributed by atoms with van der Waals surface area (Å²) < 4.78 is 1.98. The molecule has 0 spiro atoms. The van der Waals surface area contributed by atoms with Gasteiger partial charge in [0.05, 0.1) is 0 Å². The second kappa shape index (κ2) is 7.06. The van der Waals surface area contributed by atoms with Crippen LogP contribution in [0.1, 0.15) is 25.6 Å². The smallest absolute Gasteiger partial charge is 0.194 e. The molecule has 2 aromatic rings. The van der Waals surface area contributed by atoms with Crippen molar-refractivity contribution in [3.63, 3.8) is 0 Å². The van der Waals surface area contributed by atoms with Gasteiger partial charge in [-0.05, 0) is 31.9 Å². The molecule has 22 heavy (non-hydrogen) atoms. The van der Waals surface area contributed by atoms with E-state index in [0.29, 0.717) is 6.54 Å². The van der Waals surface area contributed by atoms with Crippen LogP contribution in [-0.2, 0) is 6.54 Å². The maximum Gasteiger partial charge on any atom is 0.194 e. The summed E-state index contributed by atoms with van der Waals surface area (Å²) in [5.74, 6) is 1.82. The van der Waals surface area contributed by atoms with Gasteiger partial charge in [-0.2, -0.15) is 0 Å². The van der Waals surface area contributed by atoms with Crippen LogP contribution in [0.4, 0.5) is 0 Å². The Bertz CT molecular complexity index is 613. The minimum atomic E-state index is 0.522. The van der Waals surface area contributed by atoms with Crippen LogP contribution < -0.4 is 5.32 Å². The molecule has 0 amide bonds. The normalized spacial score (nSPS) is 15.3. The fraction of sp³-hybridized carbons (Fsp3) is 0.438. The zero-order valence-corrected chi connectivity index (χ0v) is 12.9. The Morgan fingerprint density at radius 3 is 2.73 bits per heavy atom. The molecule has 1 fully saturated rings. The summed E-state index contributed by atoms with van der Waals surface area (Å²) in [7, 11) is 0. The van der Waals surface area contributed by atoms with Gasteiger partial charge in [-0.3, -0.25) is 4.57 Å². The summed E-state index contributed by atoms with van der Waals surface area (Å²) in [6.45, 7) is 5.65. The van der Waals surface area contributed by atoms with E-state index in [1.807, 2.05) is 34.9 Å². The fourth-order valence-electron chi connectivity index (χ4n) is 2.67. The molecule has 0 unspecified atom stereocenters. The van der Waals surface area contributed by atoms with Gasteiger partial charge in [-0.15, -0.1) is 10.2 Å². The van der Waals surface area contributed by atoms with Crippen molar-refractivity contribution < 1.29 is 0 Å². The lowest BCUT2D eigenvalue weighted by Gasteiger charge is -2.20. The maximum atomic E-state index is 4.73. The van der Waals surface area contributed by atoms with Crippen molar-refractivity contribution in [3.8, 4) is 5.69 Å². The highest BCUT2D eigenvalue weighted by Gasteiger charge is 2.16. The van der Waals surface area contributed by atoms with Crippen molar-refractivity contribution in [3.05, 3.63) is 42.5 Å². The van der Waals surface area contributed by atoms with Crippen LogP contribution >= 0.6 is 0 Å². The van der Waals surface area contributed by atoms with Gasteiger partial charge < -0.3 is 10.2 Å². The van der Waals surface area contributed by atoms with E-state index in [9.17, 15) is 0 Å². The number of likely N-dealkylation sites (tertiary alicyclic amines) is 1. The molecule has 1 saturated heterocycles. The highest BCUT2D eigenvalue weighted by atomic mass is 15.3. The van der Waals surface area contributed by atoms with Crippen molar-refractivity contribution in [2.24, 2.45) is 4.99 Å². The minimum Gasteiger partial charge on any atom is -0.357 e. The van der Waals surface area contributed by atoms with E-state index in [0.717, 1.165) is 37.1 Å². The fourth-order valence-corrected chi connectivity index (χ4v) is 2.67. The molecule has 3 rings (SSSR count). The Hall–Kier alpha value is -2.37. The van der Waals surface area contributed by atoms with Crippen molar-refractivity contribution in [1.82, 2.24) is 25.0 Å². The predicted octanol–water partition coefficient (Wildman–Crippen LogP) is 1.83. The van der Waals surface area contributed by atoms with Gasteiger partial charge in [-0.1, -0.05) is 18.2 Å². The predicted molar refractivity (Wildman–Crippen MR) is 87.0 cm³/mol. The van der Waals surface area contributed by atoms with E-state index in [1.165, 1.54) is 12.8 Å². The number of aromatic nitrogens is 3. The van der Waals surface area contributed by atoms with Crippen LogP contribution in [-0.4, -0.2) is 45.3 Å². The second-order valence-corrected chi connectivity index (χ2v) is 5.32.